The van der Waals surface area contributed by atoms with E-state index in [1.807, 2.05) is 0 Å². The number of hydrogen-bond donors (Lipinski definition) is 2. The molecular formula is C14H19N5O3. The molecule has 2 aromatic rings. The molecule has 2 N–H and O–H groups in total. The molecule has 0 aliphatic heterocycles. The van der Waals surface area contributed by atoms with E-state index in [-0.39, 0.29) is 12.6 Å². The van der Waals surface area contributed by atoms with Gasteiger partial charge >= 0.3 is 11.1 Å². The molecule has 1 aliphatic carbocycles. The zero-order valence-corrected chi connectivity index (χ0v) is 12.2. The molecule has 8 nitrogen and oxygen atoms in total. The third kappa shape index (κ3) is 3.01. The second-order valence-electron chi connectivity index (χ2n) is 5.68. The van der Waals surface area contributed by atoms with Gasteiger partial charge in [-0.05, 0) is 12.8 Å². The lowest BCUT2D eigenvalue weighted by Gasteiger charge is -2.19. The van der Waals surface area contributed by atoms with E-state index in [2.05, 4.69) is 15.3 Å². The van der Waals surface area contributed by atoms with E-state index in [1.165, 1.54) is 17.0 Å². The minimum absolute atomic E-state index is 0.0698. The van der Waals surface area contributed by atoms with Gasteiger partial charge in [-0.25, -0.2) is 4.68 Å². The van der Waals surface area contributed by atoms with Gasteiger partial charge in [-0.15, -0.1) is 5.10 Å². The van der Waals surface area contributed by atoms with E-state index >= 15 is 0 Å². The Labute approximate surface area is 126 Å². The maximum absolute atomic E-state index is 11.7. The molecular weight excluding hydrogens is 286 g/mol. The van der Waals surface area contributed by atoms with Gasteiger partial charge in [0.05, 0.1) is 24.9 Å². The maximum Gasteiger partial charge on any atom is 0.316 e. The quantitative estimate of drug-likeness (QED) is 0.615. The van der Waals surface area contributed by atoms with Crippen molar-refractivity contribution in [2.45, 2.75) is 50.8 Å². The SMILES string of the molecule is O=c1[nH]ccn(Cc2cn([C@@H]3CCCCC[C@H]3O)nn2)c1=O. The van der Waals surface area contributed by atoms with Crippen molar-refractivity contribution < 1.29 is 5.11 Å². The van der Waals surface area contributed by atoms with Gasteiger partial charge < -0.3 is 14.7 Å². The predicted molar refractivity (Wildman–Crippen MR) is 78.6 cm³/mol. The second kappa shape index (κ2) is 6.27. The summed E-state index contributed by atoms with van der Waals surface area (Å²) >= 11 is 0. The van der Waals surface area contributed by atoms with Crippen LogP contribution in [0.5, 0.6) is 0 Å². The molecule has 2 heterocycles. The molecule has 0 saturated heterocycles. The standard InChI is InChI=1S/C14H19N5O3/c20-12-5-3-1-2-4-11(12)19-9-10(16-17-19)8-18-7-6-15-13(21)14(18)22/h6-7,9,11-12,20H,1-5,8H2,(H,15,21)/t11-,12-/m1/s1. The van der Waals surface area contributed by atoms with E-state index in [0.717, 1.165) is 32.1 Å². The lowest BCUT2D eigenvalue weighted by molar-refractivity contribution is 0.0980. The Kier molecular flexibility index (Phi) is 4.19. The summed E-state index contributed by atoms with van der Waals surface area (Å²) < 4.78 is 2.97. The zero-order chi connectivity index (χ0) is 15.5. The molecule has 0 unspecified atom stereocenters. The molecule has 0 radical (unpaired) electrons. The third-order valence-electron chi connectivity index (χ3n) is 4.10. The molecule has 8 heteroatoms. The van der Waals surface area contributed by atoms with Crippen LogP contribution in [0.3, 0.4) is 0 Å². The molecule has 0 aromatic carbocycles. The van der Waals surface area contributed by atoms with Crippen LogP contribution in [0.2, 0.25) is 0 Å². The number of rotatable bonds is 3. The summed E-state index contributed by atoms with van der Waals surface area (Å²) in [5.74, 6) is 0. The van der Waals surface area contributed by atoms with Crippen LogP contribution in [0, 0.1) is 0 Å². The topological polar surface area (TPSA) is 106 Å². The first-order chi connectivity index (χ1) is 10.6. The Morgan fingerprint density at radius 3 is 2.95 bits per heavy atom. The van der Waals surface area contributed by atoms with Crippen molar-refractivity contribution in [2.24, 2.45) is 0 Å². The van der Waals surface area contributed by atoms with E-state index in [1.54, 1.807) is 10.9 Å². The van der Waals surface area contributed by atoms with Gasteiger partial charge in [0.1, 0.15) is 5.69 Å². The fraction of sp³-hybridized carbons (Fsp3) is 0.571. The van der Waals surface area contributed by atoms with E-state index in [0.29, 0.717) is 5.69 Å². The van der Waals surface area contributed by atoms with Crippen LogP contribution in [-0.4, -0.2) is 35.8 Å². The van der Waals surface area contributed by atoms with Gasteiger partial charge in [-0.2, -0.15) is 0 Å². The van der Waals surface area contributed by atoms with Crippen molar-refractivity contribution in [3.05, 3.63) is 45.0 Å². The van der Waals surface area contributed by atoms with Crippen molar-refractivity contribution in [1.29, 1.82) is 0 Å². The highest BCUT2D eigenvalue weighted by Gasteiger charge is 2.24. The van der Waals surface area contributed by atoms with Crippen molar-refractivity contribution in [3.63, 3.8) is 0 Å². The van der Waals surface area contributed by atoms with E-state index < -0.39 is 17.2 Å². The van der Waals surface area contributed by atoms with Gasteiger partial charge in [-0.3, -0.25) is 9.59 Å². The van der Waals surface area contributed by atoms with Gasteiger partial charge in [0.2, 0.25) is 0 Å². The second-order valence-corrected chi connectivity index (χ2v) is 5.68. The zero-order valence-electron chi connectivity index (χ0n) is 12.2. The first-order valence-electron chi connectivity index (χ1n) is 7.52. The van der Waals surface area contributed by atoms with Crippen LogP contribution >= 0.6 is 0 Å². The van der Waals surface area contributed by atoms with Crippen LogP contribution in [0.25, 0.3) is 0 Å². The highest BCUT2D eigenvalue weighted by Crippen LogP contribution is 2.26. The molecule has 0 bridgehead atoms. The highest BCUT2D eigenvalue weighted by atomic mass is 16.3. The van der Waals surface area contributed by atoms with Crippen molar-refractivity contribution in [2.75, 3.05) is 0 Å². The Morgan fingerprint density at radius 2 is 2.09 bits per heavy atom. The van der Waals surface area contributed by atoms with Crippen LogP contribution in [-0.2, 0) is 6.54 Å². The lowest BCUT2D eigenvalue weighted by atomic mass is 10.1. The summed E-state index contributed by atoms with van der Waals surface area (Å²) in [5.41, 5.74) is -0.690. The number of aromatic nitrogens is 5. The van der Waals surface area contributed by atoms with E-state index in [9.17, 15) is 14.7 Å². The summed E-state index contributed by atoms with van der Waals surface area (Å²) in [5, 5.41) is 18.3. The number of aromatic amines is 1. The minimum Gasteiger partial charge on any atom is -0.391 e. The number of aliphatic hydroxyl groups is 1. The fourth-order valence-electron chi connectivity index (χ4n) is 2.89. The van der Waals surface area contributed by atoms with Gasteiger partial charge in [0, 0.05) is 12.4 Å². The Balaban J connectivity index is 1.80. The summed E-state index contributed by atoms with van der Waals surface area (Å²) in [6.07, 6.45) is 9.10. The van der Waals surface area contributed by atoms with Crippen LogP contribution in [0.4, 0.5) is 0 Å². The van der Waals surface area contributed by atoms with Crippen molar-refractivity contribution in [3.8, 4) is 0 Å². The molecule has 2 aromatic heterocycles. The predicted octanol–water partition coefficient (Wildman–Crippen LogP) is 0.0425. The third-order valence-corrected chi connectivity index (χ3v) is 4.10. The minimum atomic E-state index is -0.658. The van der Waals surface area contributed by atoms with Crippen LogP contribution in [0.1, 0.15) is 43.8 Å². The van der Waals surface area contributed by atoms with Crippen molar-refractivity contribution >= 4 is 0 Å². The lowest BCUT2D eigenvalue weighted by Crippen LogP contribution is -2.35. The van der Waals surface area contributed by atoms with E-state index in [4.69, 9.17) is 0 Å². The van der Waals surface area contributed by atoms with Gasteiger partial charge in [0.25, 0.3) is 0 Å². The Hall–Kier alpha value is -2.22. The molecule has 118 valence electrons. The van der Waals surface area contributed by atoms with Crippen LogP contribution in [0.15, 0.2) is 28.2 Å². The van der Waals surface area contributed by atoms with Gasteiger partial charge in [-0.1, -0.05) is 24.5 Å². The Bertz CT molecular complexity index is 747. The molecule has 2 atom stereocenters. The summed E-state index contributed by atoms with van der Waals surface area (Å²) in [7, 11) is 0. The largest absolute Gasteiger partial charge is 0.391 e. The molecule has 1 aliphatic rings. The maximum atomic E-state index is 11.7. The smallest absolute Gasteiger partial charge is 0.316 e. The fourth-order valence-corrected chi connectivity index (χ4v) is 2.89. The summed E-state index contributed by atoms with van der Waals surface area (Å²) in [6, 6.07) is -0.0698. The summed E-state index contributed by atoms with van der Waals surface area (Å²) in [6.45, 7) is 0.186. The molecule has 1 saturated carbocycles. The normalized spacial score (nSPS) is 22.4. The number of aliphatic hydroxyl groups excluding tert-OH is 1. The molecule has 1 fully saturated rings. The number of nitrogens with one attached hydrogen (secondary N) is 1. The number of nitrogens with zero attached hydrogens (tertiary/aromatic N) is 4. The molecule has 0 amide bonds. The highest BCUT2D eigenvalue weighted by molar-refractivity contribution is 4.97. The van der Waals surface area contributed by atoms with Gasteiger partial charge in [0.15, 0.2) is 0 Å². The number of H-pyrrole nitrogens is 1. The monoisotopic (exact) mass is 305 g/mol. The molecule has 3 rings (SSSR count). The average molecular weight is 305 g/mol. The Morgan fingerprint density at radius 1 is 1.27 bits per heavy atom. The summed E-state index contributed by atoms with van der Waals surface area (Å²) in [4.78, 5) is 25.3. The molecule has 0 spiro atoms. The van der Waals surface area contributed by atoms with Crippen molar-refractivity contribution in [1.82, 2.24) is 24.5 Å². The first-order valence-corrected chi connectivity index (χ1v) is 7.52. The number of hydrogen-bond acceptors (Lipinski definition) is 5. The average Bonchev–Trinajstić information content (AvgIpc) is 2.85. The van der Waals surface area contributed by atoms with Crippen LogP contribution < -0.4 is 11.1 Å². The first kappa shape index (κ1) is 14.7. The molecule has 22 heavy (non-hydrogen) atoms.